The minimum absolute atomic E-state index is 0.0864. The number of rotatable bonds is 6. The first-order valence-corrected chi connectivity index (χ1v) is 10.7. The molecule has 0 saturated heterocycles. The highest BCUT2D eigenvalue weighted by molar-refractivity contribution is 5.04. The van der Waals surface area contributed by atoms with Gasteiger partial charge in [0.2, 0.25) is 0 Å². The number of aliphatic hydroxyl groups is 1. The first-order chi connectivity index (χ1) is 12.7. The van der Waals surface area contributed by atoms with E-state index in [0.29, 0.717) is 6.42 Å². The molecule has 6 nitrogen and oxygen atoms in total. The Labute approximate surface area is 157 Å². The summed E-state index contributed by atoms with van der Waals surface area (Å²) in [4.78, 5) is 24.2. The molecule has 0 aromatic rings. The van der Waals surface area contributed by atoms with E-state index >= 15 is 0 Å². The van der Waals surface area contributed by atoms with Crippen LogP contribution in [0.2, 0.25) is 0 Å². The van der Waals surface area contributed by atoms with Gasteiger partial charge in [-0.15, -0.1) is 0 Å². The smallest absolute Gasteiger partial charge is 0.108 e. The topological polar surface area (TPSA) is 91.1 Å². The van der Waals surface area contributed by atoms with Crippen LogP contribution in [0.15, 0.2) is 10.4 Å². The predicted molar refractivity (Wildman–Crippen MR) is 105 cm³/mol. The normalized spacial score (nSPS) is 37.0. The quantitative estimate of drug-likeness (QED) is 0.674. The third-order valence-corrected chi connectivity index (χ3v) is 6.98. The van der Waals surface area contributed by atoms with E-state index < -0.39 is 11.1 Å². The van der Waals surface area contributed by atoms with E-state index in [-0.39, 0.29) is 18.4 Å². The molecule has 4 atom stereocenters. The van der Waals surface area contributed by atoms with Gasteiger partial charge in [-0.3, -0.25) is 0 Å². The molecule has 2 aliphatic rings. The molecule has 0 radical (unpaired) electrons. The van der Waals surface area contributed by atoms with Gasteiger partial charge in [0.25, 0.3) is 0 Å². The minimum Gasteiger partial charge on any atom is -0.396 e. The Bertz CT molecular complexity index is 448. The van der Waals surface area contributed by atoms with Crippen molar-refractivity contribution in [1.82, 2.24) is 5.32 Å². The second-order valence-electron chi connectivity index (χ2n) is 8.49. The van der Waals surface area contributed by atoms with Crippen molar-refractivity contribution in [2.24, 2.45) is 22.2 Å². The molecule has 3 unspecified atom stereocenters. The number of hydrogen-bond donors (Lipinski definition) is 2. The third kappa shape index (κ3) is 4.89. The SMILES string of the molecule is CCNCC1CCCCCCC2(N=O)CCCCCC1(N=O)C[C@H]2CO. The van der Waals surface area contributed by atoms with E-state index in [1.807, 2.05) is 0 Å². The van der Waals surface area contributed by atoms with Gasteiger partial charge in [-0.25, -0.2) is 0 Å². The number of nitrogens with zero attached hydrogens (tertiary/aromatic N) is 2. The average molecular weight is 368 g/mol. The number of hydrogen-bond acceptors (Lipinski definition) is 6. The molecule has 0 aromatic carbocycles. The molecule has 2 saturated carbocycles. The van der Waals surface area contributed by atoms with Gasteiger partial charge < -0.3 is 10.4 Å². The molecule has 2 N–H and O–H groups in total. The standard InChI is InChI=1S/C20H37N3O3/c1-2-21-15-17-10-6-3-4-7-11-19(22-25)12-8-5-9-13-20(17,23-26)14-18(19)16-24/h17-18,21,24H,2-16H2,1H3/t17?,18-,19?,20?/m0/s1. The van der Waals surface area contributed by atoms with E-state index in [1.54, 1.807) is 0 Å². The van der Waals surface area contributed by atoms with Gasteiger partial charge in [0.05, 0.1) is 0 Å². The molecule has 0 spiro atoms. The highest BCUT2D eigenvalue weighted by Gasteiger charge is 2.49. The zero-order chi connectivity index (χ0) is 18.9. The van der Waals surface area contributed by atoms with Gasteiger partial charge in [0.1, 0.15) is 11.1 Å². The summed E-state index contributed by atoms with van der Waals surface area (Å²) in [7, 11) is 0. The van der Waals surface area contributed by atoms with Crippen LogP contribution in [0.3, 0.4) is 0 Å². The maximum atomic E-state index is 12.2. The van der Waals surface area contributed by atoms with Gasteiger partial charge >= 0.3 is 0 Å². The van der Waals surface area contributed by atoms with Crippen LogP contribution in [0, 0.1) is 21.6 Å². The van der Waals surface area contributed by atoms with Crippen LogP contribution in [0.4, 0.5) is 0 Å². The summed E-state index contributed by atoms with van der Waals surface area (Å²) in [6.07, 6.45) is 10.9. The van der Waals surface area contributed by atoms with Gasteiger partial charge in [-0.1, -0.05) is 62.2 Å². The van der Waals surface area contributed by atoms with Crippen LogP contribution in [-0.2, 0) is 0 Å². The Balaban J connectivity index is 2.44. The Morgan fingerprint density at radius 1 is 0.885 bits per heavy atom. The lowest BCUT2D eigenvalue weighted by molar-refractivity contribution is 0.0868. The third-order valence-electron chi connectivity index (χ3n) is 6.98. The van der Waals surface area contributed by atoms with Crippen LogP contribution >= 0.6 is 0 Å². The summed E-state index contributed by atoms with van der Waals surface area (Å²) in [5.41, 5.74) is -1.43. The Morgan fingerprint density at radius 2 is 1.46 bits per heavy atom. The zero-order valence-electron chi connectivity index (χ0n) is 16.4. The van der Waals surface area contributed by atoms with E-state index in [1.165, 1.54) is 0 Å². The zero-order valence-corrected chi connectivity index (χ0v) is 16.4. The van der Waals surface area contributed by atoms with E-state index in [9.17, 15) is 14.9 Å². The number of fused-ring (bicyclic) bond motifs is 3. The molecule has 2 bridgehead atoms. The van der Waals surface area contributed by atoms with Crippen molar-refractivity contribution in [3.63, 3.8) is 0 Å². The summed E-state index contributed by atoms with van der Waals surface area (Å²) < 4.78 is 0. The maximum absolute atomic E-state index is 12.2. The average Bonchev–Trinajstić information content (AvgIpc) is 2.73. The summed E-state index contributed by atoms with van der Waals surface area (Å²) in [6.45, 7) is 3.64. The van der Waals surface area contributed by atoms with Crippen molar-refractivity contribution in [3.05, 3.63) is 9.81 Å². The second kappa shape index (κ2) is 10.5. The van der Waals surface area contributed by atoms with Crippen molar-refractivity contribution in [2.45, 2.75) is 95.1 Å². The van der Waals surface area contributed by atoms with Gasteiger partial charge in [0.15, 0.2) is 0 Å². The first-order valence-electron chi connectivity index (χ1n) is 10.7. The molecule has 0 aliphatic heterocycles. The molecule has 150 valence electrons. The van der Waals surface area contributed by atoms with Crippen LogP contribution in [0.25, 0.3) is 0 Å². The maximum Gasteiger partial charge on any atom is 0.108 e. The summed E-state index contributed by atoms with van der Waals surface area (Å²) >= 11 is 0. The van der Waals surface area contributed by atoms with Crippen molar-refractivity contribution in [2.75, 3.05) is 19.7 Å². The molecular weight excluding hydrogens is 330 g/mol. The van der Waals surface area contributed by atoms with Crippen LogP contribution in [-0.4, -0.2) is 35.9 Å². The molecule has 0 aromatic heterocycles. The molecule has 2 rings (SSSR count). The van der Waals surface area contributed by atoms with Crippen molar-refractivity contribution in [3.8, 4) is 0 Å². The van der Waals surface area contributed by atoms with Gasteiger partial charge in [0, 0.05) is 25.0 Å². The monoisotopic (exact) mass is 367 g/mol. The van der Waals surface area contributed by atoms with Crippen LogP contribution < -0.4 is 5.32 Å². The molecule has 2 aliphatic carbocycles. The molecule has 0 amide bonds. The van der Waals surface area contributed by atoms with Crippen molar-refractivity contribution in [1.29, 1.82) is 0 Å². The largest absolute Gasteiger partial charge is 0.396 e. The molecule has 2 fully saturated rings. The van der Waals surface area contributed by atoms with E-state index in [0.717, 1.165) is 83.7 Å². The number of aliphatic hydroxyl groups excluding tert-OH is 1. The van der Waals surface area contributed by atoms with E-state index in [2.05, 4.69) is 22.6 Å². The lowest BCUT2D eigenvalue weighted by Gasteiger charge is -2.41. The fourth-order valence-electron chi connectivity index (χ4n) is 5.27. The van der Waals surface area contributed by atoms with Gasteiger partial charge in [-0.05, 0) is 38.6 Å². The first kappa shape index (κ1) is 21.4. The minimum atomic E-state index is -0.734. The predicted octanol–water partition coefficient (Wildman–Crippen LogP) is 4.54. The Hall–Kier alpha value is -0.880. The van der Waals surface area contributed by atoms with Crippen molar-refractivity contribution < 1.29 is 5.11 Å². The fourth-order valence-corrected chi connectivity index (χ4v) is 5.27. The van der Waals surface area contributed by atoms with Crippen LogP contribution in [0.5, 0.6) is 0 Å². The Kier molecular flexibility index (Phi) is 8.61. The van der Waals surface area contributed by atoms with Crippen LogP contribution in [0.1, 0.15) is 84.0 Å². The van der Waals surface area contributed by atoms with E-state index in [4.69, 9.17) is 0 Å². The highest BCUT2D eigenvalue weighted by Crippen LogP contribution is 2.46. The molecule has 6 heteroatoms. The lowest BCUT2D eigenvalue weighted by atomic mass is 9.68. The molecule has 0 heterocycles. The fraction of sp³-hybridized carbons (Fsp3) is 1.00. The summed E-state index contributed by atoms with van der Waals surface area (Å²) in [6, 6.07) is 0. The van der Waals surface area contributed by atoms with Gasteiger partial charge in [-0.2, -0.15) is 9.81 Å². The molecule has 26 heavy (non-hydrogen) atoms. The summed E-state index contributed by atoms with van der Waals surface area (Å²) in [5.74, 6) is -0.104. The number of nitroso groups, excluding NO2 is 2. The lowest BCUT2D eigenvalue weighted by Crippen LogP contribution is -2.47. The number of nitrogens with one attached hydrogen (secondary N) is 1. The Morgan fingerprint density at radius 3 is 2.04 bits per heavy atom. The molecular formula is C20H37N3O3. The summed E-state index contributed by atoms with van der Waals surface area (Å²) in [5, 5.41) is 21.0. The highest BCUT2D eigenvalue weighted by atomic mass is 16.3. The van der Waals surface area contributed by atoms with Crippen molar-refractivity contribution >= 4 is 0 Å². The second-order valence-corrected chi connectivity index (χ2v) is 8.49.